The quantitative estimate of drug-likeness (QED) is 0.665. The van der Waals surface area contributed by atoms with E-state index in [-0.39, 0.29) is 10.4 Å². The first kappa shape index (κ1) is 16.4. The van der Waals surface area contributed by atoms with Gasteiger partial charge < -0.3 is 4.74 Å². The number of hydrogen-bond acceptors (Lipinski definition) is 3. The molecule has 104 valence electrons. The van der Waals surface area contributed by atoms with E-state index in [0.717, 1.165) is 18.0 Å². The van der Waals surface area contributed by atoms with Crippen molar-refractivity contribution in [3.8, 4) is 0 Å². The van der Waals surface area contributed by atoms with Crippen molar-refractivity contribution in [2.45, 2.75) is 30.5 Å². The largest absolute Gasteiger partial charge is 0.417 e. The first-order chi connectivity index (χ1) is 8.65. The molecule has 1 rings (SSSR count). The van der Waals surface area contributed by atoms with Gasteiger partial charge in [0.05, 0.1) is 12.2 Å². The Morgan fingerprint density at radius 3 is 2.47 bits per heavy atom. The highest BCUT2D eigenvalue weighted by Crippen LogP contribution is 2.35. The van der Waals surface area contributed by atoms with Gasteiger partial charge in [-0.2, -0.15) is 13.2 Å². The van der Waals surface area contributed by atoms with Crippen molar-refractivity contribution >= 4 is 25.3 Å². The van der Waals surface area contributed by atoms with Gasteiger partial charge in [-0.1, -0.05) is 17.6 Å². The van der Waals surface area contributed by atoms with Crippen LogP contribution in [-0.2, 0) is 10.9 Å². The van der Waals surface area contributed by atoms with Gasteiger partial charge in [-0.05, 0) is 31.9 Å². The molecule has 1 N–H and O–H groups in total. The van der Waals surface area contributed by atoms with E-state index in [9.17, 15) is 13.2 Å². The van der Waals surface area contributed by atoms with Crippen LogP contribution in [0.3, 0.4) is 0 Å². The van der Waals surface area contributed by atoms with Gasteiger partial charge in [0.2, 0.25) is 0 Å². The van der Waals surface area contributed by atoms with Crippen LogP contribution in [0.25, 0.3) is 0 Å². The average molecular weight is 289 g/mol. The minimum Gasteiger partial charge on any atom is -0.383 e. The molecule has 0 saturated carbocycles. The first-order valence-corrected chi connectivity index (χ1v) is 6.37. The summed E-state index contributed by atoms with van der Waals surface area (Å²) in [6.45, 7) is 4.07. The normalized spacial score (nSPS) is 12.7. The standard InChI is InChI=1S/C12H15BF3NOS/c1-11(2,7-18-3)17-19-10-5-4-8(13)6-9(10)12(14,15)16/h4-6,17H,7H2,1-3H3. The van der Waals surface area contributed by atoms with Gasteiger partial charge in [0.15, 0.2) is 0 Å². The molecule has 0 heterocycles. The van der Waals surface area contributed by atoms with Crippen molar-refractivity contribution in [3.05, 3.63) is 23.8 Å². The van der Waals surface area contributed by atoms with E-state index in [1.54, 1.807) is 7.11 Å². The van der Waals surface area contributed by atoms with Crippen LogP contribution in [0.5, 0.6) is 0 Å². The van der Waals surface area contributed by atoms with Gasteiger partial charge in [0.1, 0.15) is 7.85 Å². The summed E-state index contributed by atoms with van der Waals surface area (Å²) in [5.74, 6) is 0. The molecule has 0 atom stereocenters. The summed E-state index contributed by atoms with van der Waals surface area (Å²) < 4.78 is 46.6. The highest BCUT2D eigenvalue weighted by Gasteiger charge is 2.34. The summed E-state index contributed by atoms with van der Waals surface area (Å²) >= 11 is 0.924. The van der Waals surface area contributed by atoms with Crippen LogP contribution >= 0.6 is 11.9 Å². The zero-order chi connectivity index (χ0) is 14.7. The molecule has 0 aliphatic carbocycles. The number of ether oxygens (including phenoxy) is 1. The zero-order valence-electron chi connectivity index (χ0n) is 11.0. The predicted octanol–water partition coefficient (Wildman–Crippen LogP) is 2.52. The van der Waals surface area contributed by atoms with Crippen LogP contribution in [0, 0.1) is 0 Å². The molecule has 0 spiro atoms. The van der Waals surface area contributed by atoms with Crippen molar-refractivity contribution < 1.29 is 17.9 Å². The van der Waals surface area contributed by atoms with Crippen LogP contribution in [0.4, 0.5) is 13.2 Å². The number of nitrogens with one attached hydrogen (secondary N) is 1. The lowest BCUT2D eigenvalue weighted by atomic mass is 9.94. The molecule has 1 aromatic carbocycles. The SMILES string of the molecule is [B]c1ccc(SNC(C)(C)COC)c(C(F)(F)F)c1. The van der Waals surface area contributed by atoms with Crippen molar-refractivity contribution in [2.24, 2.45) is 0 Å². The Balaban J connectivity index is 2.90. The average Bonchev–Trinajstić information content (AvgIpc) is 2.26. The fourth-order valence-corrected chi connectivity index (χ4v) is 2.31. The van der Waals surface area contributed by atoms with Gasteiger partial charge in [0.25, 0.3) is 0 Å². The number of methoxy groups -OCH3 is 1. The Morgan fingerprint density at radius 2 is 1.95 bits per heavy atom. The smallest absolute Gasteiger partial charge is 0.383 e. The summed E-state index contributed by atoms with van der Waals surface area (Å²) in [7, 11) is 6.94. The second-order valence-electron chi connectivity index (χ2n) is 4.77. The first-order valence-electron chi connectivity index (χ1n) is 5.55. The lowest BCUT2D eigenvalue weighted by Gasteiger charge is -2.25. The summed E-state index contributed by atoms with van der Waals surface area (Å²) in [6.07, 6.45) is -4.43. The number of benzene rings is 1. The molecule has 2 nitrogen and oxygen atoms in total. The second-order valence-corrected chi connectivity index (χ2v) is 5.62. The van der Waals surface area contributed by atoms with E-state index >= 15 is 0 Å². The van der Waals surface area contributed by atoms with E-state index in [4.69, 9.17) is 12.6 Å². The fraction of sp³-hybridized carbons (Fsp3) is 0.500. The third kappa shape index (κ3) is 5.08. The van der Waals surface area contributed by atoms with E-state index in [1.807, 2.05) is 13.8 Å². The summed E-state index contributed by atoms with van der Waals surface area (Å²) in [5.41, 5.74) is -1.09. The summed E-state index contributed by atoms with van der Waals surface area (Å²) in [4.78, 5) is 0.0888. The topological polar surface area (TPSA) is 21.3 Å². The third-order valence-electron chi connectivity index (χ3n) is 2.25. The van der Waals surface area contributed by atoms with Crippen LogP contribution in [0.15, 0.2) is 23.1 Å². The van der Waals surface area contributed by atoms with Crippen LogP contribution < -0.4 is 10.2 Å². The molecular formula is C12H15BF3NOS. The van der Waals surface area contributed by atoms with Gasteiger partial charge in [0, 0.05) is 17.5 Å². The third-order valence-corrected chi connectivity index (χ3v) is 3.48. The lowest BCUT2D eigenvalue weighted by molar-refractivity contribution is -0.139. The highest BCUT2D eigenvalue weighted by atomic mass is 32.2. The molecule has 0 aliphatic rings. The van der Waals surface area contributed by atoms with Gasteiger partial charge in [-0.15, -0.1) is 0 Å². The number of rotatable bonds is 5. The molecule has 7 heteroatoms. The lowest BCUT2D eigenvalue weighted by Crippen LogP contribution is -2.39. The van der Waals surface area contributed by atoms with E-state index in [0.29, 0.717) is 6.61 Å². The van der Waals surface area contributed by atoms with Crippen molar-refractivity contribution in [2.75, 3.05) is 13.7 Å². The Morgan fingerprint density at radius 1 is 1.32 bits per heavy atom. The Labute approximate surface area is 116 Å². The molecule has 0 aromatic heterocycles. The molecule has 0 saturated heterocycles. The minimum absolute atomic E-state index is 0.0888. The Bertz CT molecular complexity index is 437. The maximum Gasteiger partial charge on any atom is 0.417 e. The predicted molar refractivity (Wildman–Crippen MR) is 71.8 cm³/mol. The zero-order valence-corrected chi connectivity index (χ0v) is 11.8. The molecule has 2 radical (unpaired) electrons. The van der Waals surface area contributed by atoms with Crippen molar-refractivity contribution in [1.29, 1.82) is 0 Å². The second kappa shape index (κ2) is 6.20. The van der Waals surface area contributed by atoms with Crippen LogP contribution in [0.1, 0.15) is 19.4 Å². The number of hydrogen-bond donors (Lipinski definition) is 1. The molecule has 0 fully saturated rings. The highest BCUT2D eigenvalue weighted by molar-refractivity contribution is 7.97. The van der Waals surface area contributed by atoms with Gasteiger partial charge in [-0.3, -0.25) is 4.72 Å². The molecule has 1 aromatic rings. The Kier molecular flexibility index (Phi) is 5.35. The monoisotopic (exact) mass is 289 g/mol. The number of alkyl halides is 3. The van der Waals surface area contributed by atoms with E-state index < -0.39 is 17.3 Å². The summed E-state index contributed by atoms with van der Waals surface area (Å²) in [6, 6.07) is 3.74. The molecule has 0 bridgehead atoms. The van der Waals surface area contributed by atoms with E-state index in [1.165, 1.54) is 12.1 Å². The molecular weight excluding hydrogens is 274 g/mol. The fourth-order valence-electron chi connectivity index (χ4n) is 1.44. The molecule has 0 amide bonds. The molecule has 0 unspecified atom stereocenters. The Hall–Kier alpha value is -0.655. The maximum absolute atomic E-state index is 12.9. The van der Waals surface area contributed by atoms with Crippen LogP contribution in [0.2, 0.25) is 0 Å². The summed E-state index contributed by atoms with van der Waals surface area (Å²) in [5, 5.41) is 0. The maximum atomic E-state index is 12.9. The molecule has 19 heavy (non-hydrogen) atoms. The van der Waals surface area contributed by atoms with Crippen molar-refractivity contribution in [1.82, 2.24) is 4.72 Å². The minimum atomic E-state index is -4.43. The molecule has 0 aliphatic heterocycles. The van der Waals surface area contributed by atoms with Gasteiger partial charge in [-0.25, -0.2) is 0 Å². The number of halogens is 3. The van der Waals surface area contributed by atoms with Crippen LogP contribution in [-0.4, -0.2) is 27.1 Å². The van der Waals surface area contributed by atoms with Gasteiger partial charge >= 0.3 is 6.18 Å². The van der Waals surface area contributed by atoms with E-state index in [2.05, 4.69) is 4.72 Å². The van der Waals surface area contributed by atoms with Crippen molar-refractivity contribution in [3.63, 3.8) is 0 Å².